The van der Waals surface area contributed by atoms with Crippen molar-refractivity contribution in [3.8, 4) is 11.5 Å². The summed E-state index contributed by atoms with van der Waals surface area (Å²) in [5.74, 6) is 1.29. The normalized spacial score (nSPS) is 15.1. The molecule has 1 heterocycles. The molecule has 2 aromatic carbocycles. The number of ether oxygens (including phenoxy) is 2. The van der Waals surface area contributed by atoms with Crippen LogP contribution in [-0.4, -0.2) is 55.1 Å². The molecule has 1 aliphatic heterocycles. The van der Waals surface area contributed by atoms with Gasteiger partial charge in [0.25, 0.3) is 11.6 Å². The number of anilines is 1. The highest BCUT2D eigenvalue weighted by Crippen LogP contribution is 2.22. The number of hydrogen-bond donors (Lipinski definition) is 0. The Morgan fingerprint density at radius 1 is 1.00 bits per heavy atom. The Kier molecular flexibility index (Phi) is 5.98. The van der Waals surface area contributed by atoms with Crippen molar-refractivity contribution in [3.63, 3.8) is 0 Å². The zero-order chi connectivity index (χ0) is 20.1. The topological polar surface area (TPSA) is 85.2 Å². The van der Waals surface area contributed by atoms with Gasteiger partial charge in [-0.25, -0.2) is 0 Å². The minimum Gasteiger partial charge on any atom is -0.497 e. The van der Waals surface area contributed by atoms with E-state index in [9.17, 15) is 14.9 Å². The van der Waals surface area contributed by atoms with Crippen LogP contribution in [0.3, 0.4) is 0 Å². The van der Waals surface area contributed by atoms with Gasteiger partial charge in [0.15, 0.2) is 6.10 Å². The molecule has 0 N–H and O–H groups in total. The van der Waals surface area contributed by atoms with Crippen LogP contribution in [0, 0.1) is 10.1 Å². The first-order valence-corrected chi connectivity index (χ1v) is 9.07. The number of methoxy groups -OCH3 is 1. The number of nitrogens with zero attached hydrogens (tertiary/aromatic N) is 3. The number of benzene rings is 2. The summed E-state index contributed by atoms with van der Waals surface area (Å²) < 4.78 is 10.9. The molecule has 148 valence electrons. The van der Waals surface area contributed by atoms with Crippen LogP contribution in [-0.2, 0) is 4.79 Å². The predicted octanol–water partition coefficient (Wildman–Crippen LogP) is 2.72. The molecular formula is C20H23N3O5. The van der Waals surface area contributed by atoms with Gasteiger partial charge in [-0.2, -0.15) is 0 Å². The van der Waals surface area contributed by atoms with E-state index in [0.717, 1.165) is 11.4 Å². The quantitative estimate of drug-likeness (QED) is 0.561. The number of hydrogen-bond acceptors (Lipinski definition) is 6. The molecule has 1 saturated heterocycles. The second-order valence-corrected chi connectivity index (χ2v) is 6.52. The van der Waals surface area contributed by atoms with Gasteiger partial charge >= 0.3 is 0 Å². The summed E-state index contributed by atoms with van der Waals surface area (Å²) in [5.41, 5.74) is 0.988. The number of carbonyl (C=O) groups excluding carboxylic acids is 1. The third-order valence-corrected chi connectivity index (χ3v) is 4.74. The number of nitro groups is 1. The molecule has 0 aromatic heterocycles. The van der Waals surface area contributed by atoms with Gasteiger partial charge in [-0.3, -0.25) is 14.9 Å². The summed E-state index contributed by atoms with van der Waals surface area (Å²) in [7, 11) is 1.60. The fourth-order valence-electron chi connectivity index (χ4n) is 3.14. The summed E-state index contributed by atoms with van der Waals surface area (Å²) in [6.45, 7) is 4.23. The van der Waals surface area contributed by atoms with Crippen molar-refractivity contribution in [2.75, 3.05) is 38.2 Å². The third-order valence-electron chi connectivity index (χ3n) is 4.74. The van der Waals surface area contributed by atoms with Crippen molar-refractivity contribution < 1.29 is 19.2 Å². The fourth-order valence-corrected chi connectivity index (χ4v) is 3.14. The molecule has 28 heavy (non-hydrogen) atoms. The Bertz CT molecular complexity index is 815. The third kappa shape index (κ3) is 4.51. The first-order valence-electron chi connectivity index (χ1n) is 9.07. The van der Waals surface area contributed by atoms with E-state index in [-0.39, 0.29) is 11.6 Å². The highest BCUT2D eigenvalue weighted by molar-refractivity contribution is 5.81. The van der Waals surface area contributed by atoms with E-state index in [1.54, 1.807) is 55.3 Å². The zero-order valence-corrected chi connectivity index (χ0v) is 15.9. The average molecular weight is 385 g/mol. The van der Waals surface area contributed by atoms with E-state index >= 15 is 0 Å². The van der Waals surface area contributed by atoms with Crippen molar-refractivity contribution >= 4 is 17.3 Å². The predicted molar refractivity (Wildman–Crippen MR) is 105 cm³/mol. The van der Waals surface area contributed by atoms with Crippen LogP contribution in [0.4, 0.5) is 11.4 Å². The van der Waals surface area contributed by atoms with Crippen molar-refractivity contribution in [1.82, 2.24) is 4.90 Å². The molecular weight excluding hydrogens is 362 g/mol. The lowest BCUT2D eigenvalue weighted by Gasteiger charge is -2.37. The number of non-ortho nitro benzene ring substituents is 1. The first kappa shape index (κ1) is 19.5. The van der Waals surface area contributed by atoms with Crippen molar-refractivity contribution in [2.24, 2.45) is 0 Å². The summed E-state index contributed by atoms with van der Waals surface area (Å²) in [4.78, 5) is 26.9. The van der Waals surface area contributed by atoms with Crippen LogP contribution < -0.4 is 14.4 Å². The maximum Gasteiger partial charge on any atom is 0.269 e. The van der Waals surface area contributed by atoms with Crippen LogP contribution in [0.1, 0.15) is 6.92 Å². The second-order valence-electron chi connectivity index (χ2n) is 6.52. The molecule has 1 aliphatic rings. The first-order chi connectivity index (χ1) is 13.5. The summed E-state index contributed by atoms with van der Waals surface area (Å²) >= 11 is 0. The molecule has 2 aromatic rings. The Morgan fingerprint density at radius 3 is 2.11 bits per heavy atom. The van der Waals surface area contributed by atoms with Gasteiger partial charge in [-0.05, 0) is 43.3 Å². The lowest BCUT2D eigenvalue weighted by molar-refractivity contribution is -0.384. The fraction of sp³-hybridized carbons (Fsp3) is 0.350. The molecule has 8 nitrogen and oxygen atoms in total. The summed E-state index contributed by atoms with van der Waals surface area (Å²) in [6.07, 6.45) is -0.584. The van der Waals surface area contributed by atoms with Gasteiger partial charge in [-0.1, -0.05) is 0 Å². The molecule has 0 spiro atoms. The van der Waals surface area contributed by atoms with Crippen LogP contribution in [0.2, 0.25) is 0 Å². The second kappa shape index (κ2) is 8.60. The minimum absolute atomic E-state index is 0.0563. The average Bonchev–Trinajstić information content (AvgIpc) is 2.74. The van der Waals surface area contributed by atoms with E-state index in [4.69, 9.17) is 9.47 Å². The van der Waals surface area contributed by atoms with Gasteiger partial charge in [0.1, 0.15) is 11.5 Å². The van der Waals surface area contributed by atoms with Crippen LogP contribution in [0.15, 0.2) is 48.5 Å². The zero-order valence-electron chi connectivity index (χ0n) is 15.9. The molecule has 0 bridgehead atoms. The maximum absolute atomic E-state index is 12.7. The lowest BCUT2D eigenvalue weighted by atomic mass is 10.2. The molecule has 1 amide bonds. The van der Waals surface area contributed by atoms with Gasteiger partial charge < -0.3 is 19.3 Å². The highest BCUT2D eigenvalue weighted by Gasteiger charge is 2.26. The SMILES string of the molecule is COc1ccc(O[C@H](C)C(=O)N2CCN(c3ccc([N+](=O)[O-])cc3)CC2)cc1. The smallest absolute Gasteiger partial charge is 0.269 e. The van der Waals surface area contributed by atoms with E-state index in [2.05, 4.69) is 4.90 Å². The van der Waals surface area contributed by atoms with Crippen molar-refractivity contribution in [3.05, 3.63) is 58.6 Å². The van der Waals surface area contributed by atoms with E-state index < -0.39 is 11.0 Å². The Hall–Kier alpha value is -3.29. The molecule has 0 aliphatic carbocycles. The van der Waals surface area contributed by atoms with E-state index in [1.165, 1.54) is 12.1 Å². The number of nitro benzene ring substituents is 1. The molecule has 1 fully saturated rings. The molecule has 0 saturated carbocycles. The van der Waals surface area contributed by atoms with Crippen molar-refractivity contribution in [1.29, 1.82) is 0 Å². The van der Waals surface area contributed by atoms with Crippen molar-refractivity contribution in [2.45, 2.75) is 13.0 Å². The number of rotatable bonds is 6. The van der Waals surface area contributed by atoms with Crippen LogP contribution in [0.5, 0.6) is 11.5 Å². The summed E-state index contributed by atoms with van der Waals surface area (Å²) in [5, 5.41) is 10.8. The molecule has 0 radical (unpaired) electrons. The maximum atomic E-state index is 12.7. The van der Waals surface area contributed by atoms with Gasteiger partial charge in [0, 0.05) is 44.0 Å². The van der Waals surface area contributed by atoms with Gasteiger partial charge in [0.05, 0.1) is 12.0 Å². The molecule has 1 atom stereocenters. The Morgan fingerprint density at radius 2 is 1.57 bits per heavy atom. The standard InChI is InChI=1S/C20H23N3O5/c1-15(28-19-9-7-18(27-2)8-10-19)20(24)22-13-11-21(12-14-22)16-3-5-17(6-4-16)23(25)26/h3-10,15H,11-14H2,1-2H3/t15-/m1/s1. The molecule has 0 unspecified atom stereocenters. The Labute approximate surface area is 163 Å². The number of carbonyl (C=O) groups is 1. The summed E-state index contributed by atoms with van der Waals surface area (Å²) in [6, 6.07) is 13.6. The van der Waals surface area contributed by atoms with Crippen LogP contribution in [0.25, 0.3) is 0 Å². The Balaban J connectivity index is 1.53. The lowest BCUT2D eigenvalue weighted by Crippen LogP contribution is -2.52. The van der Waals surface area contributed by atoms with E-state index in [1.807, 2.05) is 0 Å². The largest absolute Gasteiger partial charge is 0.497 e. The van der Waals surface area contributed by atoms with Gasteiger partial charge in [0.2, 0.25) is 0 Å². The van der Waals surface area contributed by atoms with Gasteiger partial charge in [-0.15, -0.1) is 0 Å². The minimum atomic E-state index is -0.584. The monoisotopic (exact) mass is 385 g/mol. The van der Waals surface area contributed by atoms with E-state index in [0.29, 0.717) is 31.9 Å². The number of amides is 1. The highest BCUT2D eigenvalue weighted by atomic mass is 16.6. The molecule has 3 rings (SSSR count). The number of piperazine rings is 1. The van der Waals surface area contributed by atoms with Crippen LogP contribution >= 0.6 is 0 Å². The molecule has 8 heteroatoms.